The van der Waals surface area contributed by atoms with Gasteiger partial charge >= 0.3 is 0 Å². The van der Waals surface area contributed by atoms with Crippen LogP contribution in [0, 0.1) is 6.92 Å². The van der Waals surface area contributed by atoms with Crippen LogP contribution in [0.2, 0.25) is 0 Å². The Morgan fingerprint density at radius 2 is 1.96 bits per heavy atom. The predicted octanol–water partition coefficient (Wildman–Crippen LogP) is 2.15. The Hall–Kier alpha value is -3.66. The topological polar surface area (TPSA) is 134 Å². The average Bonchev–Trinajstić information content (AvgIpc) is 3.26. The van der Waals surface area contributed by atoms with E-state index < -0.39 is 0 Å². The number of rotatable bonds is 7. The Balaban J connectivity index is 1.54. The number of anilines is 2. The minimum absolute atomic E-state index is 0.139. The van der Waals surface area contributed by atoms with Crippen molar-refractivity contribution in [1.29, 1.82) is 0 Å². The second-order valence-corrected chi connectivity index (χ2v) is 6.23. The highest BCUT2D eigenvalue weighted by Crippen LogP contribution is 2.19. The molecule has 1 aromatic carbocycles. The molecule has 0 saturated heterocycles. The maximum Gasteiger partial charge on any atom is 0.271 e. The molecule has 4 aromatic rings. The van der Waals surface area contributed by atoms with Crippen molar-refractivity contribution in [3.05, 3.63) is 57.9 Å². The molecule has 0 amide bonds. The van der Waals surface area contributed by atoms with Crippen molar-refractivity contribution >= 4 is 22.5 Å². The zero-order valence-electron chi connectivity index (χ0n) is 15.4. The fourth-order valence-electron chi connectivity index (χ4n) is 2.77. The van der Waals surface area contributed by atoms with Gasteiger partial charge in [-0.2, -0.15) is 5.10 Å². The maximum absolute atomic E-state index is 11.7. The summed E-state index contributed by atoms with van der Waals surface area (Å²) < 4.78 is 11.0. The molecular weight excluding hydrogens is 362 g/mol. The van der Waals surface area contributed by atoms with Gasteiger partial charge < -0.3 is 14.8 Å². The summed E-state index contributed by atoms with van der Waals surface area (Å²) in [4.78, 5) is 20.7. The van der Waals surface area contributed by atoms with Crippen molar-refractivity contribution in [2.24, 2.45) is 0 Å². The second-order valence-electron chi connectivity index (χ2n) is 6.23. The Bertz CT molecular complexity index is 1160. The minimum atomic E-state index is -0.195. The number of hydrogen-bond donors (Lipinski definition) is 4. The average molecular weight is 381 g/mol. The summed E-state index contributed by atoms with van der Waals surface area (Å²) in [6, 6.07) is 8.89. The van der Waals surface area contributed by atoms with Crippen LogP contribution in [0.25, 0.3) is 10.9 Å². The zero-order chi connectivity index (χ0) is 19.5. The van der Waals surface area contributed by atoms with Gasteiger partial charge in [0.25, 0.3) is 5.56 Å². The lowest BCUT2D eigenvalue weighted by atomic mass is 10.2. The van der Waals surface area contributed by atoms with E-state index in [4.69, 9.17) is 9.47 Å². The lowest BCUT2D eigenvalue weighted by molar-refractivity contribution is 0.180. The largest absolute Gasteiger partial charge is 0.486 e. The van der Waals surface area contributed by atoms with E-state index in [0.29, 0.717) is 40.9 Å². The minimum Gasteiger partial charge on any atom is -0.486 e. The quantitative estimate of drug-likeness (QED) is 0.385. The Kier molecular flexibility index (Phi) is 4.77. The van der Waals surface area contributed by atoms with E-state index in [1.165, 1.54) is 0 Å². The third kappa shape index (κ3) is 3.86. The summed E-state index contributed by atoms with van der Waals surface area (Å²) in [5.74, 6) is 2.27. The number of nitrogens with zero attached hydrogens (tertiary/aromatic N) is 3. The molecule has 0 aliphatic heterocycles. The van der Waals surface area contributed by atoms with Gasteiger partial charge in [-0.1, -0.05) is 0 Å². The SMILES string of the molecule is COCc1cc(Nc2cc(C)[nH]n2)nc(COc2ccc3[nH][nH]c(=O)c3c2)n1. The maximum atomic E-state index is 11.7. The van der Waals surface area contributed by atoms with Crippen LogP contribution in [0.3, 0.4) is 0 Å². The van der Waals surface area contributed by atoms with Crippen molar-refractivity contribution in [3.63, 3.8) is 0 Å². The molecule has 0 bridgehead atoms. The number of nitrogens with one attached hydrogen (secondary N) is 4. The van der Waals surface area contributed by atoms with E-state index in [-0.39, 0.29) is 12.2 Å². The van der Waals surface area contributed by atoms with Gasteiger partial charge in [-0.3, -0.25) is 20.1 Å². The first-order valence-corrected chi connectivity index (χ1v) is 8.59. The second kappa shape index (κ2) is 7.53. The highest BCUT2D eigenvalue weighted by molar-refractivity contribution is 5.79. The molecule has 0 saturated carbocycles. The molecule has 0 atom stereocenters. The van der Waals surface area contributed by atoms with E-state index in [1.54, 1.807) is 31.4 Å². The molecule has 28 heavy (non-hydrogen) atoms. The van der Waals surface area contributed by atoms with Crippen LogP contribution in [0.5, 0.6) is 5.75 Å². The summed E-state index contributed by atoms with van der Waals surface area (Å²) in [7, 11) is 1.60. The van der Waals surface area contributed by atoms with Gasteiger partial charge in [0.05, 0.1) is 23.2 Å². The van der Waals surface area contributed by atoms with E-state index in [2.05, 4.69) is 35.7 Å². The number of fused-ring (bicyclic) bond motifs is 1. The predicted molar refractivity (Wildman–Crippen MR) is 103 cm³/mol. The van der Waals surface area contributed by atoms with Gasteiger partial charge in [0.15, 0.2) is 11.6 Å². The van der Waals surface area contributed by atoms with Crippen molar-refractivity contribution in [2.45, 2.75) is 20.1 Å². The van der Waals surface area contributed by atoms with Crippen molar-refractivity contribution in [3.8, 4) is 5.75 Å². The molecular formula is C18H19N7O3. The highest BCUT2D eigenvalue weighted by Gasteiger charge is 2.09. The molecule has 3 aromatic heterocycles. The molecule has 0 spiro atoms. The first-order chi connectivity index (χ1) is 13.6. The zero-order valence-corrected chi connectivity index (χ0v) is 15.4. The van der Waals surface area contributed by atoms with E-state index in [1.807, 2.05) is 13.0 Å². The molecule has 0 unspecified atom stereocenters. The van der Waals surface area contributed by atoms with Crippen LogP contribution in [0.1, 0.15) is 17.2 Å². The summed E-state index contributed by atoms with van der Waals surface area (Å²) in [6.07, 6.45) is 0. The number of hydrogen-bond acceptors (Lipinski definition) is 7. The number of ether oxygens (including phenoxy) is 2. The lowest BCUT2D eigenvalue weighted by Gasteiger charge is -2.10. The van der Waals surface area contributed by atoms with E-state index in [0.717, 1.165) is 11.2 Å². The highest BCUT2D eigenvalue weighted by atomic mass is 16.5. The van der Waals surface area contributed by atoms with Crippen LogP contribution < -0.4 is 15.6 Å². The van der Waals surface area contributed by atoms with E-state index in [9.17, 15) is 4.79 Å². The molecule has 3 heterocycles. The molecule has 0 radical (unpaired) electrons. The summed E-state index contributed by atoms with van der Waals surface area (Å²) in [6.45, 7) is 2.40. The molecule has 144 valence electrons. The van der Waals surface area contributed by atoms with Gasteiger partial charge in [0.2, 0.25) is 0 Å². The fourth-order valence-corrected chi connectivity index (χ4v) is 2.77. The molecule has 10 nitrogen and oxygen atoms in total. The van der Waals surface area contributed by atoms with Crippen LogP contribution in [0.15, 0.2) is 35.1 Å². The molecule has 0 aliphatic carbocycles. The number of aromatic amines is 3. The van der Waals surface area contributed by atoms with Crippen molar-refractivity contribution < 1.29 is 9.47 Å². The summed E-state index contributed by atoms with van der Waals surface area (Å²) in [5, 5.41) is 16.0. The summed E-state index contributed by atoms with van der Waals surface area (Å²) in [5.41, 5.74) is 2.17. The third-order valence-electron chi connectivity index (χ3n) is 3.99. The normalized spacial score (nSPS) is 11.1. The molecule has 4 rings (SSSR count). The Labute approximate surface area is 159 Å². The first-order valence-electron chi connectivity index (χ1n) is 8.59. The standard InChI is InChI=1S/C18H19N7O3/c1-10-5-16(24-22-10)20-15-6-11(8-27-2)19-17(21-15)9-28-12-3-4-14-13(7-12)18(26)25-23-14/h3-7H,8-9H2,1-2H3,(H2,23,25,26)(H2,19,20,21,22,24). The van der Waals surface area contributed by atoms with Gasteiger partial charge in [-0.05, 0) is 25.1 Å². The number of aromatic nitrogens is 6. The number of H-pyrrole nitrogens is 3. The van der Waals surface area contributed by atoms with Crippen LogP contribution in [-0.2, 0) is 18.0 Å². The van der Waals surface area contributed by atoms with Gasteiger partial charge in [0, 0.05) is 24.9 Å². The van der Waals surface area contributed by atoms with Gasteiger partial charge in [0.1, 0.15) is 18.2 Å². The number of methoxy groups -OCH3 is 1. The van der Waals surface area contributed by atoms with Gasteiger partial charge in [-0.25, -0.2) is 9.97 Å². The fraction of sp³-hybridized carbons (Fsp3) is 0.222. The molecule has 0 fully saturated rings. The Morgan fingerprint density at radius 3 is 2.75 bits per heavy atom. The smallest absolute Gasteiger partial charge is 0.271 e. The first kappa shape index (κ1) is 17.7. The number of aryl methyl sites for hydroxylation is 1. The molecule has 10 heteroatoms. The Morgan fingerprint density at radius 1 is 1.07 bits per heavy atom. The number of benzene rings is 1. The molecule has 4 N–H and O–H groups in total. The third-order valence-corrected chi connectivity index (χ3v) is 3.99. The van der Waals surface area contributed by atoms with Gasteiger partial charge in [-0.15, -0.1) is 0 Å². The monoisotopic (exact) mass is 381 g/mol. The van der Waals surface area contributed by atoms with Crippen molar-refractivity contribution in [1.82, 2.24) is 30.4 Å². The molecule has 0 aliphatic rings. The lowest BCUT2D eigenvalue weighted by Crippen LogP contribution is -2.08. The summed E-state index contributed by atoms with van der Waals surface area (Å²) >= 11 is 0. The van der Waals surface area contributed by atoms with E-state index >= 15 is 0 Å². The van der Waals surface area contributed by atoms with Crippen LogP contribution in [-0.4, -0.2) is 37.5 Å². The van der Waals surface area contributed by atoms with Crippen molar-refractivity contribution in [2.75, 3.05) is 12.4 Å². The van der Waals surface area contributed by atoms with Crippen LogP contribution in [0.4, 0.5) is 11.6 Å². The van der Waals surface area contributed by atoms with Crippen LogP contribution >= 0.6 is 0 Å².